The van der Waals surface area contributed by atoms with Crippen molar-refractivity contribution in [2.75, 3.05) is 18.4 Å². The van der Waals surface area contributed by atoms with Crippen molar-refractivity contribution >= 4 is 45.2 Å². The highest BCUT2D eigenvalue weighted by Gasteiger charge is 2.22. The van der Waals surface area contributed by atoms with Crippen molar-refractivity contribution in [3.05, 3.63) is 84.6 Å². The molecule has 0 aliphatic carbocycles. The van der Waals surface area contributed by atoms with Crippen LogP contribution in [0.3, 0.4) is 0 Å². The van der Waals surface area contributed by atoms with Crippen molar-refractivity contribution in [3.8, 4) is 11.1 Å². The summed E-state index contributed by atoms with van der Waals surface area (Å²) in [6.07, 6.45) is 1.46. The molecule has 162 valence electrons. The Kier molecular flexibility index (Phi) is 5.89. The number of benzene rings is 3. The van der Waals surface area contributed by atoms with Gasteiger partial charge >= 0.3 is 0 Å². The molecule has 1 atom stereocenters. The third-order valence-electron chi connectivity index (χ3n) is 5.10. The highest BCUT2D eigenvalue weighted by atomic mass is 32.2. The molecule has 32 heavy (non-hydrogen) atoms. The summed E-state index contributed by atoms with van der Waals surface area (Å²) in [5, 5.41) is 0.471. The molecule has 4 aromatic rings. The first-order valence-corrected chi connectivity index (χ1v) is 10.8. The highest BCUT2D eigenvalue weighted by Crippen LogP contribution is 2.32. The molecular weight excluding hydrogens is 426 g/mol. The number of carbonyl (C=O) groups excluding carboxylic acids is 2. The molecule has 0 saturated carbocycles. The van der Waals surface area contributed by atoms with Gasteiger partial charge in [0.25, 0.3) is 11.7 Å². The van der Waals surface area contributed by atoms with Crippen molar-refractivity contribution in [2.45, 2.75) is 0 Å². The van der Waals surface area contributed by atoms with E-state index in [0.29, 0.717) is 22.3 Å². The van der Waals surface area contributed by atoms with E-state index in [0.717, 1.165) is 15.4 Å². The maximum atomic E-state index is 12.6. The molecule has 1 N–H and O–H groups in total. The standard InChI is InChI=1S/C24H21N3O4S/c1-26(2)24(29)23(28)21-15-25-22-13-12-19(14-20(21)22)27(32(30)31)18-10-8-17(9-11-18)16-6-4-3-5-7-16/h3-15,25H,1-2H3,(H,30,31)/p-1. The summed E-state index contributed by atoms with van der Waals surface area (Å²) < 4.78 is 25.4. The number of hydrogen-bond donors (Lipinski definition) is 1. The van der Waals surface area contributed by atoms with E-state index in [9.17, 15) is 18.4 Å². The summed E-state index contributed by atoms with van der Waals surface area (Å²) in [6, 6.07) is 21.8. The van der Waals surface area contributed by atoms with E-state index < -0.39 is 23.0 Å². The number of aromatic amines is 1. The van der Waals surface area contributed by atoms with Gasteiger partial charge in [0.1, 0.15) is 0 Å². The lowest BCUT2D eigenvalue weighted by Crippen LogP contribution is -2.29. The molecule has 0 fully saturated rings. The van der Waals surface area contributed by atoms with Crippen molar-refractivity contribution in [1.29, 1.82) is 0 Å². The fourth-order valence-electron chi connectivity index (χ4n) is 3.48. The molecule has 0 aliphatic rings. The molecule has 0 spiro atoms. The predicted octanol–water partition coefficient (Wildman–Crippen LogP) is 4.04. The van der Waals surface area contributed by atoms with Gasteiger partial charge in [-0.2, -0.15) is 0 Å². The summed E-state index contributed by atoms with van der Waals surface area (Å²) in [6.45, 7) is 0. The Morgan fingerprint density at radius 2 is 1.50 bits per heavy atom. The summed E-state index contributed by atoms with van der Waals surface area (Å²) in [5.74, 6) is -1.32. The largest absolute Gasteiger partial charge is 0.755 e. The molecule has 0 bridgehead atoms. The SMILES string of the molecule is CN(C)C(=O)C(=O)c1c[nH]c2ccc(N(c3ccc(-c4ccccc4)cc3)S(=O)[O-])cc12. The Morgan fingerprint density at radius 1 is 0.875 bits per heavy atom. The van der Waals surface area contributed by atoms with Crippen molar-refractivity contribution in [3.63, 3.8) is 0 Å². The van der Waals surface area contributed by atoms with Gasteiger partial charge in [0.15, 0.2) is 0 Å². The topological polar surface area (TPSA) is 96.5 Å². The zero-order chi connectivity index (χ0) is 22.8. The van der Waals surface area contributed by atoms with Crippen LogP contribution in [0.5, 0.6) is 0 Å². The van der Waals surface area contributed by atoms with E-state index in [1.807, 2.05) is 42.5 Å². The number of carbonyl (C=O) groups is 2. The van der Waals surface area contributed by atoms with E-state index in [2.05, 4.69) is 4.98 Å². The van der Waals surface area contributed by atoms with Gasteiger partial charge in [0.05, 0.1) is 28.2 Å². The maximum absolute atomic E-state index is 12.6. The number of rotatable bonds is 6. The first-order valence-electron chi connectivity index (χ1n) is 9.79. The van der Waals surface area contributed by atoms with E-state index in [-0.39, 0.29) is 5.56 Å². The Labute approximate surface area is 187 Å². The molecule has 1 aromatic heterocycles. The average Bonchev–Trinajstić information content (AvgIpc) is 3.22. The first-order chi connectivity index (χ1) is 15.4. The summed E-state index contributed by atoms with van der Waals surface area (Å²) in [7, 11) is 3.00. The lowest BCUT2D eigenvalue weighted by atomic mass is 10.1. The Balaban J connectivity index is 1.73. The minimum Gasteiger partial charge on any atom is -0.755 e. The van der Waals surface area contributed by atoms with Crippen LogP contribution in [0.25, 0.3) is 22.0 Å². The molecule has 8 heteroatoms. The van der Waals surface area contributed by atoms with Crippen LogP contribution in [0, 0.1) is 0 Å². The molecule has 0 radical (unpaired) electrons. The van der Waals surface area contributed by atoms with Crippen LogP contribution in [0.15, 0.2) is 79.0 Å². The monoisotopic (exact) mass is 446 g/mol. The van der Waals surface area contributed by atoms with Crippen LogP contribution >= 0.6 is 0 Å². The van der Waals surface area contributed by atoms with Crippen LogP contribution in [-0.2, 0) is 16.1 Å². The van der Waals surface area contributed by atoms with Gasteiger partial charge in [0, 0.05) is 31.2 Å². The molecule has 1 heterocycles. The molecule has 4 rings (SSSR count). The summed E-state index contributed by atoms with van der Waals surface area (Å²) >= 11 is -2.61. The second kappa shape index (κ2) is 8.78. The van der Waals surface area contributed by atoms with Gasteiger partial charge in [-0.1, -0.05) is 42.5 Å². The number of hydrogen-bond acceptors (Lipinski definition) is 4. The van der Waals surface area contributed by atoms with Gasteiger partial charge in [-0.15, -0.1) is 0 Å². The van der Waals surface area contributed by atoms with Crippen LogP contribution in [-0.4, -0.2) is 44.4 Å². The fraction of sp³-hybridized carbons (Fsp3) is 0.0833. The van der Waals surface area contributed by atoms with Crippen molar-refractivity contribution in [2.24, 2.45) is 0 Å². The van der Waals surface area contributed by atoms with Crippen LogP contribution in [0.1, 0.15) is 10.4 Å². The van der Waals surface area contributed by atoms with E-state index in [1.165, 1.54) is 25.2 Å². The highest BCUT2D eigenvalue weighted by molar-refractivity contribution is 7.81. The Bertz CT molecular complexity index is 1310. The van der Waals surface area contributed by atoms with E-state index >= 15 is 0 Å². The Hall–Kier alpha value is -3.75. The molecule has 1 amide bonds. The van der Waals surface area contributed by atoms with E-state index in [1.54, 1.807) is 30.3 Å². The molecule has 0 saturated heterocycles. The third-order valence-corrected chi connectivity index (χ3v) is 5.82. The van der Waals surface area contributed by atoms with Crippen LogP contribution in [0.4, 0.5) is 11.4 Å². The molecule has 3 aromatic carbocycles. The van der Waals surface area contributed by atoms with Gasteiger partial charge in [-0.3, -0.25) is 18.1 Å². The lowest BCUT2D eigenvalue weighted by molar-refractivity contribution is -0.124. The third kappa shape index (κ3) is 4.05. The smallest absolute Gasteiger partial charge is 0.294 e. The predicted molar refractivity (Wildman–Crippen MR) is 124 cm³/mol. The first kappa shape index (κ1) is 21.5. The van der Waals surface area contributed by atoms with Crippen molar-refractivity contribution in [1.82, 2.24) is 9.88 Å². The molecule has 7 nitrogen and oxygen atoms in total. The summed E-state index contributed by atoms with van der Waals surface area (Å²) in [5.41, 5.74) is 3.60. The van der Waals surface area contributed by atoms with E-state index in [4.69, 9.17) is 0 Å². The lowest BCUT2D eigenvalue weighted by Gasteiger charge is -2.27. The number of aromatic nitrogens is 1. The molecule has 0 aliphatic heterocycles. The number of Topliss-reactive ketones (excluding diaryl/α,β-unsaturated/α-hetero) is 1. The number of H-pyrrole nitrogens is 1. The van der Waals surface area contributed by atoms with Gasteiger partial charge in [-0.05, 0) is 41.5 Å². The minimum absolute atomic E-state index is 0.191. The summed E-state index contributed by atoms with van der Waals surface area (Å²) in [4.78, 5) is 28.9. The second-order valence-corrected chi connectivity index (χ2v) is 8.18. The van der Waals surface area contributed by atoms with Crippen LogP contribution in [0.2, 0.25) is 0 Å². The number of ketones is 1. The average molecular weight is 447 g/mol. The quantitative estimate of drug-likeness (QED) is 0.275. The second-order valence-electron chi connectivity index (χ2n) is 7.39. The Morgan fingerprint density at radius 3 is 2.12 bits per heavy atom. The van der Waals surface area contributed by atoms with Crippen molar-refractivity contribution < 1.29 is 18.4 Å². The number of anilines is 2. The van der Waals surface area contributed by atoms with Crippen LogP contribution < -0.4 is 4.31 Å². The van der Waals surface area contributed by atoms with Gasteiger partial charge in [0.2, 0.25) is 0 Å². The zero-order valence-corrected chi connectivity index (χ0v) is 18.3. The number of fused-ring (bicyclic) bond motifs is 1. The fourth-order valence-corrected chi connectivity index (χ4v) is 4.06. The van der Waals surface area contributed by atoms with Gasteiger partial charge < -0.3 is 14.4 Å². The minimum atomic E-state index is -2.61. The zero-order valence-electron chi connectivity index (χ0n) is 17.4. The normalized spacial score (nSPS) is 11.8. The molecular formula is C24H20N3O4S-. The molecule has 1 unspecified atom stereocenters. The number of nitrogens with zero attached hydrogens (tertiary/aromatic N) is 2. The number of amides is 1. The number of nitrogens with one attached hydrogen (secondary N) is 1. The maximum Gasteiger partial charge on any atom is 0.294 e. The number of likely N-dealkylation sites (N-methyl/N-ethyl adjacent to an activating group) is 1. The van der Waals surface area contributed by atoms with Gasteiger partial charge in [-0.25, -0.2) is 0 Å².